The van der Waals surface area contributed by atoms with E-state index in [1.54, 1.807) is 25.1 Å². The van der Waals surface area contributed by atoms with Gasteiger partial charge in [-0.1, -0.05) is 6.07 Å². The lowest BCUT2D eigenvalue weighted by Gasteiger charge is -2.05. The van der Waals surface area contributed by atoms with E-state index < -0.39 is 21.7 Å². The molecule has 0 spiro atoms. The summed E-state index contributed by atoms with van der Waals surface area (Å²) in [7, 11) is 0. The van der Waals surface area contributed by atoms with Gasteiger partial charge in [-0.3, -0.25) is 29.8 Å². The number of nitrogens with zero attached hydrogens (tertiary/aromatic N) is 4. The van der Waals surface area contributed by atoms with Crippen LogP contribution in [0.15, 0.2) is 64.6 Å². The van der Waals surface area contributed by atoms with Gasteiger partial charge in [0.1, 0.15) is 11.4 Å². The topological polar surface area (TPSA) is 169 Å². The largest absolute Gasteiger partial charge is 0.320 e. The molecule has 3 aromatic rings. The molecule has 2 heterocycles. The monoisotopic (exact) mass is 470 g/mol. The van der Waals surface area contributed by atoms with Crippen LogP contribution in [0.5, 0.6) is 0 Å². The maximum absolute atomic E-state index is 12.5. The van der Waals surface area contributed by atoms with Crippen LogP contribution >= 0.6 is 0 Å². The van der Waals surface area contributed by atoms with E-state index in [2.05, 4.69) is 20.6 Å². The number of benzene rings is 3. The summed E-state index contributed by atoms with van der Waals surface area (Å²) < 4.78 is 0. The Bertz CT molecular complexity index is 1560. The molecule has 0 radical (unpaired) electrons. The molecule has 0 saturated heterocycles. The van der Waals surface area contributed by atoms with E-state index in [0.29, 0.717) is 39.4 Å². The van der Waals surface area contributed by atoms with E-state index in [-0.39, 0.29) is 22.8 Å². The normalized spacial score (nSPS) is 16.1. The molecule has 2 aliphatic heterocycles. The summed E-state index contributed by atoms with van der Waals surface area (Å²) in [4.78, 5) is 55.0. The van der Waals surface area contributed by atoms with Gasteiger partial charge in [0.15, 0.2) is 0 Å². The van der Waals surface area contributed by atoms with Crippen molar-refractivity contribution in [3.63, 3.8) is 0 Å². The molecule has 12 heteroatoms. The first-order chi connectivity index (χ1) is 16.7. The SMILES string of the molecule is Cc1ccc(N=C2C(=O)Nc3ccc([N+](=O)[O-])cc32)cc1N=C1C(=O)Nc2ccc([N+](=O)[O-])cc21. The Morgan fingerprint density at radius 3 is 1.74 bits per heavy atom. The van der Waals surface area contributed by atoms with Gasteiger partial charge in [-0.25, -0.2) is 9.98 Å². The zero-order chi connectivity index (χ0) is 24.9. The average Bonchev–Trinajstić information content (AvgIpc) is 3.30. The van der Waals surface area contributed by atoms with Crippen molar-refractivity contribution >= 4 is 57.4 Å². The second-order valence-corrected chi connectivity index (χ2v) is 7.77. The summed E-state index contributed by atoms with van der Waals surface area (Å²) in [5.74, 6) is -1.02. The van der Waals surface area contributed by atoms with Gasteiger partial charge in [0.2, 0.25) is 0 Å². The van der Waals surface area contributed by atoms with Crippen LogP contribution in [0.2, 0.25) is 0 Å². The summed E-state index contributed by atoms with van der Waals surface area (Å²) in [6.07, 6.45) is 0. The molecule has 0 fully saturated rings. The van der Waals surface area contributed by atoms with E-state index in [4.69, 9.17) is 0 Å². The molecular formula is C23H14N6O6. The molecule has 0 atom stereocenters. The van der Waals surface area contributed by atoms with E-state index in [9.17, 15) is 29.8 Å². The van der Waals surface area contributed by atoms with Crippen molar-refractivity contribution in [2.24, 2.45) is 9.98 Å². The van der Waals surface area contributed by atoms with Gasteiger partial charge < -0.3 is 10.6 Å². The number of nitro benzene ring substituents is 2. The van der Waals surface area contributed by atoms with E-state index in [1.165, 1.54) is 36.4 Å². The molecule has 172 valence electrons. The Morgan fingerprint density at radius 2 is 1.23 bits per heavy atom. The minimum Gasteiger partial charge on any atom is -0.320 e. The van der Waals surface area contributed by atoms with Crippen LogP contribution in [0.3, 0.4) is 0 Å². The summed E-state index contributed by atoms with van der Waals surface area (Å²) in [6.45, 7) is 1.76. The predicted molar refractivity (Wildman–Crippen MR) is 127 cm³/mol. The Labute approximate surface area is 196 Å². The fourth-order valence-electron chi connectivity index (χ4n) is 3.77. The van der Waals surface area contributed by atoms with Crippen LogP contribution in [0.4, 0.5) is 34.1 Å². The highest BCUT2D eigenvalue weighted by molar-refractivity contribution is 6.55. The molecular weight excluding hydrogens is 456 g/mol. The minimum absolute atomic E-state index is 0.00531. The van der Waals surface area contributed by atoms with Gasteiger partial charge in [-0.15, -0.1) is 0 Å². The Kier molecular flexibility index (Phi) is 4.90. The Hall–Kier alpha value is -5.26. The van der Waals surface area contributed by atoms with E-state index in [1.807, 2.05) is 0 Å². The van der Waals surface area contributed by atoms with Gasteiger partial charge in [0.05, 0.1) is 32.6 Å². The standard InChI is InChI=1S/C23H14N6O6/c1-11-2-3-12(24-20-15-9-13(28(32)33)4-6-17(15)26-22(20)30)8-19(11)25-21-16-10-14(29(34)35)5-7-18(16)27-23(21)31/h2-10H,1H3,(H,24,26,30)(H,25,27,31). The first-order valence-corrected chi connectivity index (χ1v) is 10.2. The second kappa shape index (κ2) is 7.95. The maximum Gasteiger partial charge on any atom is 0.275 e. The van der Waals surface area contributed by atoms with Gasteiger partial charge in [0.25, 0.3) is 23.2 Å². The number of non-ortho nitro benzene ring substituents is 2. The molecule has 0 saturated carbocycles. The van der Waals surface area contributed by atoms with Crippen molar-refractivity contribution in [3.05, 3.63) is 91.5 Å². The van der Waals surface area contributed by atoms with Crippen LogP contribution in [0.25, 0.3) is 0 Å². The van der Waals surface area contributed by atoms with Crippen molar-refractivity contribution in [2.75, 3.05) is 10.6 Å². The second-order valence-electron chi connectivity index (χ2n) is 7.77. The first-order valence-electron chi connectivity index (χ1n) is 10.2. The van der Waals surface area contributed by atoms with Crippen LogP contribution in [-0.4, -0.2) is 33.1 Å². The number of nitrogens with one attached hydrogen (secondary N) is 2. The minimum atomic E-state index is -0.560. The number of aryl methyl sites for hydroxylation is 1. The third-order valence-electron chi connectivity index (χ3n) is 5.53. The average molecular weight is 470 g/mol. The van der Waals surface area contributed by atoms with Crippen LogP contribution in [0.1, 0.15) is 16.7 Å². The van der Waals surface area contributed by atoms with E-state index in [0.717, 1.165) is 0 Å². The molecule has 0 aliphatic carbocycles. The molecule has 0 unspecified atom stereocenters. The lowest BCUT2D eigenvalue weighted by Crippen LogP contribution is -2.14. The van der Waals surface area contributed by atoms with Gasteiger partial charge >= 0.3 is 0 Å². The molecule has 2 aliphatic rings. The highest BCUT2D eigenvalue weighted by Gasteiger charge is 2.29. The number of aliphatic imine (C=N–C) groups is 2. The van der Waals surface area contributed by atoms with Crippen molar-refractivity contribution < 1.29 is 19.4 Å². The van der Waals surface area contributed by atoms with Crippen molar-refractivity contribution in [3.8, 4) is 0 Å². The van der Waals surface area contributed by atoms with Crippen LogP contribution in [0, 0.1) is 27.2 Å². The zero-order valence-electron chi connectivity index (χ0n) is 17.9. The number of amides is 2. The fraction of sp³-hybridized carbons (Fsp3) is 0.0435. The lowest BCUT2D eigenvalue weighted by atomic mass is 10.1. The van der Waals surface area contributed by atoms with Gasteiger partial charge in [-0.2, -0.15) is 0 Å². The first kappa shape index (κ1) is 21.6. The maximum atomic E-state index is 12.5. The van der Waals surface area contributed by atoms with Gasteiger partial charge in [0, 0.05) is 35.4 Å². The Balaban J connectivity index is 1.57. The molecule has 3 aromatic carbocycles. The number of hydrogen-bond acceptors (Lipinski definition) is 8. The quantitative estimate of drug-likeness (QED) is 0.432. The van der Waals surface area contributed by atoms with Crippen molar-refractivity contribution in [2.45, 2.75) is 6.92 Å². The number of carbonyl (C=O) groups excluding carboxylic acids is 2. The number of rotatable bonds is 4. The summed E-state index contributed by atoms with van der Waals surface area (Å²) >= 11 is 0. The predicted octanol–water partition coefficient (Wildman–Crippen LogP) is 3.96. The highest BCUT2D eigenvalue weighted by atomic mass is 16.6. The molecule has 0 bridgehead atoms. The van der Waals surface area contributed by atoms with Gasteiger partial charge in [-0.05, 0) is 36.8 Å². The van der Waals surface area contributed by atoms with Crippen LogP contribution < -0.4 is 10.6 Å². The number of nitro groups is 2. The lowest BCUT2D eigenvalue weighted by molar-refractivity contribution is -0.385. The fourth-order valence-corrected chi connectivity index (χ4v) is 3.77. The van der Waals surface area contributed by atoms with Crippen molar-refractivity contribution in [1.82, 2.24) is 0 Å². The van der Waals surface area contributed by atoms with Crippen LogP contribution in [-0.2, 0) is 9.59 Å². The Morgan fingerprint density at radius 1 is 0.714 bits per heavy atom. The number of anilines is 2. The summed E-state index contributed by atoms with van der Waals surface area (Å²) in [6, 6.07) is 12.9. The number of carbonyl (C=O) groups is 2. The summed E-state index contributed by atoms with van der Waals surface area (Å²) in [5, 5.41) is 27.6. The molecule has 2 N–H and O–H groups in total. The highest BCUT2D eigenvalue weighted by Crippen LogP contribution is 2.33. The molecule has 0 aromatic heterocycles. The zero-order valence-corrected chi connectivity index (χ0v) is 17.9. The third-order valence-corrected chi connectivity index (χ3v) is 5.53. The smallest absolute Gasteiger partial charge is 0.275 e. The summed E-state index contributed by atoms with van der Waals surface area (Å²) in [5.41, 5.74) is 2.48. The third kappa shape index (κ3) is 3.78. The molecule has 35 heavy (non-hydrogen) atoms. The number of fused-ring (bicyclic) bond motifs is 2. The number of hydrogen-bond donors (Lipinski definition) is 2. The molecule has 12 nitrogen and oxygen atoms in total. The van der Waals surface area contributed by atoms with E-state index >= 15 is 0 Å². The molecule has 5 rings (SSSR count). The van der Waals surface area contributed by atoms with Crippen molar-refractivity contribution in [1.29, 1.82) is 0 Å². The molecule has 2 amide bonds.